The Morgan fingerprint density at radius 2 is 1.55 bits per heavy atom. The number of piperidine rings is 1. The van der Waals surface area contributed by atoms with Crippen molar-refractivity contribution >= 4 is 21.9 Å². The predicted molar refractivity (Wildman–Crippen MR) is 112 cm³/mol. The Morgan fingerprint density at radius 3 is 2.06 bits per heavy atom. The normalized spacial score (nSPS) is 19.4. The highest BCUT2D eigenvalue weighted by atomic mass is 32.2. The third kappa shape index (κ3) is 4.97. The van der Waals surface area contributed by atoms with E-state index in [1.807, 2.05) is 0 Å². The number of ether oxygens (including phenoxy) is 2. The molecule has 0 aliphatic carbocycles. The Kier molecular flexibility index (Phi) is 6.81. The predicted octanol–water partition coefficient (Wildman–Crippen LogP) is 1.74. The van der Waals surface area contributed by atoms with Crippen LogP contribution in [0.4, 0.5) is 0 Å². The van der Waals surface area contributed by atoms with E-state index in [0.29, 0.717) is 23.5 Å². The van der Waals surface area contributed by atoms with Gasteiger partial charge in [0.15, 0.2) is 0 Å². The van der Waals surface area contributed by atoms with Gasteiger partial charge in [0.1, 0.15) is 17.5 Å². The number of carbonyl (C=O) groups excluding carboxylic acids is 1. The molecule has 1 aliphatic heterocycles. The number of rotatable bonds is 7. The second-order valence-corrected chi connectivity index (χ2v) is 8.96. The van der Waals surface area contributed by atoms with Gasteiger partial charge in [-0.05, 0) is 61.4 Å². The van der Waals surface area contributed by atoms with Gasteiger partial charge in [0.2, 0.25) is 10.0 Å². The minimum atomic E-state index is -4.02. The summed E-state index contributed by atoms with van der Waals surface area (Å²) in [4.78, 5) is 24.4. The van der Waals surface area contributed by atoms with Crippen molar-refractivity contribution in [2.75, 3.05) is 20.8 Å². The molecule has 0 saturated carbocycles. The Balaban J connectivity index is 1.73. The number of methoxy groups -OCH3 is 2. The van der Waals surface area contributed by atoms with Gasteiger partial charge in [-0.15, -0.1) is 0 Å². The molecule has 1 amide bonds. The van der Waals surface area contributed by atoms with E-state index in [1.165, 1.54) is 38.5 Å². The van der Waals surface area contributed by atoms with Crippen molar-refractivity contribution in [2.45, 2.75) is 29.8 Å². The molecule has 0 aromatic heterocycles. The largest absolute Gasteiger partial charge is 0.497 e. The van der Waals surface area contributed by atoms with Crippen LogP contribution in [0.2, 0.25) is 0 Å². The molecule has 9 nitrogen and oxygen atoms in total. The molecule has 2 aromatic carbocycles. The van der Waals surface area contributed by atoms with Gasteiger partial charge in [-0.2, -0.15) is 4.31 Å². The maximum Gasteiger partial charge on any atom is 0.322 e. The first-order chi connectivity index (χ1) is 14.8. The van der Waals surface area contributed by atoms with Gasteiger partial charge < -0.3 is 19.9 Å². The highest BCUT2D eigenvalue weighted by Gasteiger charge is 2.41. The molecular weight excluding hydrogens is 424 g/mol. The van der Waals surface area contributed by atoms with Crippen molar-refractivity contribution in [3.05, 3.63) is 54.1 Å². The van der Waals surface area contributed by atoms with E-state index >= 15 is 0 Å². The van der Waals surface area contributed by atoms with Gasteiger partial charge in [0.05, 0.1) is 19.1 Å². The lowest BCUT2D eigenvalue weighted by molar-refractivity contribution is -0.142. The lowest BCUT2D eigenvalue weighted by Gasteiger charge is -2.36. The fourth-order valence-electron chi connectivity index (χ4n) is 3.48. The minimum absolute atomic E-state index is 0.0136. The summed E-state index contributed by atoms with van der Waals surface area (Å²) in [6, 6.07) is 10.5. The van der Waals surface area contributed by atoms with Crippen molar-refractivity contribution in [1.82, 2.24) is 9.62 Å². The average molecular weight is 448 g/mol. The Hall–Kier alpha value is -3.11. The zero-order valence-electron chi connectivity index (χ0n) is 17.1. The number of carboxylic acids is 1. The van der Waals surface area contributed by atoms with Crippen LogP contribution in [-0.4, -0.2) is 62.6 Å². The zero-order valence-corrected chi connectivity index (χ0v) is 18.0. The standard InChI is InChI=1S/C21H24N2O7S/c1-29-16-5-3-14(4-6-16)20(24)22-15-11-12-23(19(13-15)21(25)26)31(27,28)18-9-7-17(30-2)8-10-18/h3-10,15,19H,11-13H2,1-2H3,(H,22,24)(H,25,26)/t15-,19-/m0/s1. The highest BCUT2D eigenvalue weighted by Crippen LogP contribution is 2.27. The molecule has 0 bridgehead atoms. The molecule has 1 fully saturated rings. The van der Waals surface area contributed by atoms with Crippen molar-refractivity contribution in [1.29, 1.82) is 0 Å². The second-order valence-electron chi connectivity index (χ2n) is 7.07. The number of amides is 1. The number of benzene rings is 2. The highest BCUT2D eigenvalue weighted by molar-refractivity contribution is 7.89. The SMILES string of the molecule is COc1ccc(C(=O)N[C@H]2CCN(S(=O)(=O)c3ccc(OC)cc3)[C@H](C(=O)O)C2)cc1. The quantitative estimate of drug-likeness (QED) is 0.661. The van der Waals surface area contributed by atoms with Crippen LogP contribution in [0.25, 0.3) is 0 Å². The summed E-state index contributed by atoms with van der Waals surface area (Å²) in [7, 11) is -1.03. The first-order valence-corrected chi connectivity index (χ1v) is 11.0. The third-order valence-electron chi connectivity index (χ3n) is 5.19. The lowest BCUT2D eigenvalue weighted by Crippen LogP contribution is -2.54. The number of nitrogens with one attached hydrogen (secondary N) is 1. The summed E-state index contributed by atoms with van der Waals surface area (Å²) in [5.74, 6) is -0.517. The number of hydrogen-bond donors (Lipinski definition) is 2. The van der Waals surface area contributed by atoms with Crippen LogP contribution in [0.15, 0.2) is 53.4 Å². The van der Waals surface area contributed by atoms with E-state index in [9.17, 15) is 23.1 Å². The summed E-state index contributed by atoms with van der Waals surface area (Å²) < 4.78 is 37.2. The Labute approximate surface area is 180 Å². The van der Waals surface area contributed by atoms with Crippen LogP contribution in [0, 0.1) is 0 Å². The molecule has 0 spiro atoms. The molecule has 2 aromatic rings. The first-order valence-electron chi connectivity index (χ1n) is 9.60. The van der Waals surface area contributed by atoms with Gasteiger partial charge in [0.25, 0.3) is 5.91 Å². The third-order valence-corrected chi connectivity index (χ3v) is 7.11. The molecule has 2 N–H and O–H groups in total. The number of hydrogen-bond acceptors (Lipinski definition) is 6. The van der Waals surface area contributed by atoms with E-state index in [1.54, 1.807) is 24.3 Å². The van der Waals surface area contributed by atoms with Crippen molar-refractivity contribution in [3.63, 3.8) is 0 Å². The smallest absolute Gasteiger partial charge is 0.322 e. The minimum Gasteiger partial charge on any atom is -0.497 e. The van der Waals surface area contributed by atoms with Crippen LogP contribution < -0.4 is 14.8 Å². The number of carbonyl (C=O) groups is 2. The Morgan fingerprint density at radius 1 is 1.00 bits per heavy atom. The van der Waals surface area contributed by atoms with E-state index in [0.717, 1.165) is 4.31 Å². The van der Waals surface area contributed by atoms with E-state index in [4.69, 9.17) is 9.47 Å². The lowest BCUT2D eigenvalue weighted by atomic mass is 9.99. The fraction of sp³-hybridized carbons (Fsp3) is 0.333. The van der Waals surface area contributed by atoms with E-state index < -0.39 is 28.1 Å². The van der Waals surface area contributed by atoms with Gasteiger partial charge in [-0.1, -0.05) is 0 Å². The zero-order chi connectivity index (χ0) is 22.6. The number of carboxylic acid groups (broad SMARTS) is 1. The van der Waals surface area contributed by atoms with E-state index in [-0.39, 0.29) is 23.8 Å². The van der Waals surface area contributed by atoms with Crippen LogP contribution in [0.1, 0.15) is 23.2 Å². The van der Waals surface area contributed by atoms with Crippen molar-refractivity contribution in [3.8, 4) is 11.5 Å². The molecule has 166 valence electrons. The van der Waals surface area contributed by atoms with Gasteiger partial charge >= 0.3 is 5.97 Å². The number of nitrogens with zero attached hydrogens (tertiary/aromatic N) is 1. The molecule has 0 radical (unpaired) electrons. The van der Waals surface area contributed by atoms with Crippen LogP contribution in [0.5, 0.6) is 11.5 Å². The maximum atomic E-state index is 13.0. The van der Waals surface area contributed by atoms with Gasteiger partial charge in [-0.3, -0.25) is 9.59 Å². The molecule has 0 unspecified atom stereocenters. The summed E-state index contributed by atoms with van der Waals surface area (Å²) in [5.41, 5.74) is 0.404. The van der Waals surface area contributed by atoms with Crippen LogP contribution in [-0.2, 0) is 14.8 Å². The summed E-state index contributed by atoms with van der Waals surface area (Å²) in [6.07, 6.45) is 0.258. The Bertz CT molecular complexity index is 1040. The first kappa shape index (κ1) is 22.6. The molecule has 10 heteroatoms. The molecular formula is C21H24N2O7S. The van der Waals surface area contributed by atoms with Crippen molar-refractivity contribution < 1.29 is 32.6 Å². The molecule has 1 saturated heterocycles. The summed E-state index contributed by atoms with van der Waals surface area (Å²) in [6.45, 7) is -0.0289. The molecule has 1 heterocycles. The average Bonchev–Trinajstić information content (AvgIpc) is 2.79. The number of aliphatic carboxylic acids is 1. The topological polar surface area (TPSA) is 122 Å². The second kappa shape index (κ2) is 9.36. The van der Waals surface area contributed by atoms with Crippen molar-refractivity contribution in [2.24, 2.45) is 0 Å². The molecule has 1 aliphatic rings. The molecule has 31 heavy (non-hydrogen) atoms. The van der Waals surface area contributed by atoms with Crippen LogP contribution >= 0.6 is 0 Å². The summed E-state index contributed by atoms with van der Waals surface area (Å²) >= 11 is 0. The van der Waals surface area contributed by atoms with E-state index in [2.05, 4.69) is 5.32 Å². The van der Waals surface area contributed by atoms with Crippen LogP contribution in [0.3, 0.4) is 0 Å². The molecule has 3 rings (SSSR count). The summed E-state index contributed by atoms with van der Waals surface area (Å²) in [5, 5.41) is 12.5. The monoisotopic (exact) mass is 448 g/mol. The fourth-order valence-corrected chi connectivity index (χ4v) is 5.09. The number of sulfonamides is 1. The van der Waals surface area contributed by atoms with Gasteiger partial charge in [-0.25, -0.2) is 8.42 Å². The molecule has 2 atom stereocenters. The maximum absolute atomic E-state index is 13.0. The van der Waals surface area contributed by atoms with Gasteiger partial charge in [0, 0.05) is 18.2 Å².